The van der Waals surface area contributed by atoms with Gasteiger partial charge in [-0.25, -0.2) is 0 Å². The van der Waals surface area contributed by atoms with Crippen molar-refractivity contribution in [2.45, 2.75) is 25.5 Å². The molecule has 0 fully saturated rings. The van der Waals surface area contributed by atoms with Crippen LogP contribution in [0.25, 0.3) is 10.6 Å². The summed E-state index contributed by atoms with van der Waals surface area (Å²) in [5.41, 5.74) is 1.23. The Morgan fingerprint density at radius 1 is 1.26 bits per heavy atom. The van der Waals surface area contributed by atoms with Crippen molar-refractivity contribution in [3.05, 3.63) is 57.0 Å². The third-order valence-electron chi connectivity index (χ3n) is 1.87. The maximum atomic E-state index is 3.56. The van der Waals surface area contributed by atoms with Crippen LogP contribution in [0.4, 0.5) is 0 Å². The summed E-state index contributed by atoms with van der Waals surface area (Å²) in [5.74, 6) is 0. The van der Waals surface area contributed by atoms with Gasteiger partial charge >= 0.3 is 52.9 Å². The molecular weight excluding hydrogens is 268 g/mol. The fourth-order valence-corrected chi connectivity index (χ4v) is 1.66. The van der Waals surface area contributed by atoms with Crippen LogP contribution < -0.4 is 0 Å². The zero-order valence-electron chi connectivity index (χ0n) is 13.7. The van der Waals surface area contributed by atoms with Crippen LogP contribution in [-0.2, 0) is 19.2 Å². The van der Waals surface area contributed by atoms with E-state index in [1.165, 1.54) is 12.0 Å². The SMILES string of the molecule is C=CC(C)=CC.C[N-]C.C[N-]C.[CH3][Ti+2][C]1=CC=CC1. The van der Waals surface area contributed by atoms with Crippen LogP contribution in [0.1, 0.15) is 20.3 Å². The molecule has 3 heteroatoms. The Labute approximate surface area is 130 Å². The number of hydrogen-bond donors (Lipinski definition) is 0. The molecule has 0 heterocycles. The predicted molar refractivity (Wildman–Crippen MR) is 87.7 cm³/mol. The van der Waals surface area contributed by atoms with E-state index in [9.17, 15) is 0 Å². The fourth-order valence-electron chi connectivity index (χ4n) is 0.750. The number of hydrogen-bond acceptors (Lipinski definition) is 0. The molecule has 0 atom stereocenters. The van der Waals surface area contributed by atoms with Crippen LogP contribution >= 0.6 is 0 Å². The molecule has 0 aromatic rings. The molecule has 0 amide bonds. The quantitative estimate of drug-likeness (QED) is 0.486. The molecular formula is C16H30N2Ti. The Morgan fingerprint density at radius 3 is 1.84 bits per heavy atom. The van der Waals surface area contributed by atoms with Crippen LogP contribution in [0.2, 0.25) is 5.23 Å². The molecule has 0 N–H and O–H groups in total. The van der Waals surface area contributed by atoms with Crippen LogP contribution in [-0.4, -0.2) is 28.2 Å². The van der Waals surface area contributed by atoms with Gasteiger partial charge in [0.2, 0.25) is 0 Å². The molecule has 0 radical (unpaired) electrons. The molecule has 108 valence electrons. The molecule has 19 heavy (non-hydrogen) atoms. The summed E-state index contributed by atoms with van der Waals surface area (Å²) in [4.78, 5) is 0. The predicted octanol–water partition coefficient (Wildman–Crippen LogP) is 5.34. The second kappa shape index (κ2) is 22.7. The minimum absolute atomic E-state index is 0.292. The molecule has 0 saturated heterocycles. The van der Waals surface area contributed by atoms with Gasteiger partial charge in [-0.3, -0.25) is 0 Å². The fraction of sp³-hybridized carbons (Fsp3) is 0.500. The van der Waals surface area contributed by atoms with E-state index in [0.717, 1.165) is 0 Å². The Kier molecular flexibility index (Phi) is 28.3. The topological polar surface area (TPSA) is 28.2 Å². The van der Waals surface area contributed by atoms with Crippen LogP contribution in [0.3, 0.4) is 0 Å². The van der Waals surface area contributed by atoms with Gasteiger partial charge in [0.1, 0.15) is 0 Å². The molecule has 0 bridgehead atoms. The van der Waals surface area contributed by atoms with Gasteiger partial charge in [-0.1, -0.05) is 24.3 Å². The first-order chi connectivity index (χ1) is 9.07. The summed E-state index contributed by atoms with van der Waals surface area (Å²) in [6.07, 6.45) is 11.7. The number of rotatable bonds is 2. The van der Waals surface area contributed by atoms with Gasteiger partial charge in [0, 0.05) is 0 Å². The van der Waals surface area contributed by atoms with Gasteiger partial charge in [0.25, 0.3) is 0 Å². The zero-order valence-corrected chi connectivity index (χ0v) is 15.3. The van der Waals surface area contributed by atoms with Crippen molar-refractivity contribution in [2.24, 2.45) is 0 Å². The molecule has 1 rings (SSSR count). The third-order valence-corrected chi connectivity index (χ3v) is 3.45. The molecule has 0 spiro atoms. The van der Waals surface area contributed by atoms with Crippen LogP contribution in [0.15, 0.2) is 46.4 Å². The summed E-state index contributed by atoms with van der Waals surface area (Å²) in [7, 11) is 7.00. The molecule has 0 aliphatic heterocycles. The van der Waals surface area contributed by atoms with Gasteiger partial charge in [0.15, 0.2) is 0 Å². The average Bonchev–Trinajstić information content (AvgIpc) is 2.93. The second-order valence-corrected chi connectivity index (χ2v) is 5.49. The summed E-state index contributed by atoms with van der Waals surface area (Å²) < 4.78 is 1.68. The van der Waals surface area contributed by atoms with Gasteiger partial charge in [0.05, 0.1) is 0 Å². The van der Waals surface area contributed by atoms with E-state index >= 15 is 0 Å². The van der Waals surface area contributed by atoms with Crippen molar-refractivity contribution in [1.29, 1.82) is 0 Å². The molecule has 0 unspecified atom stereocenters. The summed E-state index contributed by atoms with van der Waals surface area (Å²) in [5, 5.41) is 9.32. The number of nitrogens with zero attached hydrogens (tertiary/aromatic N) is 2. The molecule has 1 aliphatic carbocycles. The van der Waals surface area contributed by atoms with E-state index in [0.29, 0.717) is 19.2 Å². The van der Waals surface area contributed by atoms with Gasteiger partial charge in [-0.05, 0) is 13.8 Å². The molecule has 0 aromatic heterocycles. The molecule has 0 saturated carbocycles. The van der Waals surface area contributed by atoms with E-state index in [-0.39, 0.29) is 0 Å². The van der Waals surface area contributed by atoms with Crippen molar-refractivity contribution in [3.8, 4) is 0 Å². The average molecular weight is 298 g/mol. The normalized spacial score (nSPS) is 11.5. The van der Waals surface area contributed by atoms with Crippen LogP contribution in [0, 0.1) is 0 Å². The van der Waals surface area contributed by atoms with Crippen molar-refractivity contribution >= 4 is 0 Å². The molecule has 2 nitrogen and oxygen atoms in total. The molecule has 0 aromatic carbocycles. The van der Waals surface area contributed by atoms with Gasteiger partial charge in [-0.2, -0.15) is 28.2 Å². The maximum absolute atomic E-state index is 3.56. The Morgan fingerprint density at radius 2 is 1.74 bits per heavy atom. The Hall–Kier alpha value is -0.406. The van der Waals surface area contributed by atoms with E-state index in [1.54, 1.807) is 32.1 Å². The second-order valence-electron chi connectivity index (χ2n) is 3.71. The van der Waals surface area contributed by atoms with Crippen molar-refractivity contribution in [2.75, 3.05) is 28.2 Å². The standard InChI is InChI=1S/C6H10.C5H5.2C2H6N.CH3.Ti/c1-4-6(3)5-2;1-2-4-5-3-1;2*1-3-2;;/h4-5H,1H2,2-3H3;1-3H,4H2;2*1-2H3;1H3;/q;;2*-1;;+2. The monoisotopic (exact) mass is 298 g/mol. The van der Waals surface area contributed by atoms with Crippen molar-refractivity contribution in [1.82, 2.24) is 0 Å². The summed E-state index contributed by atoms with van der Waals surface area (Å²) in [6, 6.07) is 0. The zero-order chi connectivity index (χ0) is 15.5. The van der Waals surface area contributed by atoms with Crippen LogP contribution in [0.5, 0.6) is 0 Å². The van der Waals surface area contributed by atoms with Gasteiger partial charge < -0.3 is 10.6 Å². The first-order valence-corrected chi connectivity index (χ1v) is 8.66. The Bertz CT molecular complexity index is 264. The third kappa shape index (κ3) is 27.0. The van der Waals surface area contributed by atoms with E-state index in [4.69, 9.17) is 0 Å². The summed E-state index contributed by atoms with van der Waals surface area (Å²) in [6.45, 7) is 7.58. The number of allylic oxidation sites excluding steroid dienone is 7. The first-order valence-electron chi connectivity index (χ1n) is 6.32. The Balaban J connectivity index is -0.000000195. The van der Waals surface area contributed by atoms with E-state index < -0.39 is 0 Å². The van der Waals surface area contributed by atoms with E-state index in [2.05, 4.69) is 40.7 Å². The van der Waals surface area contributed by atoms with Crippen molar-refractivity contribution in [3.63, 3.8) is 0 Å². The first kappa shape index (κ1) is 23.7. The minimum atomic E-state index is 0.292. The van der Waals surface area contributed by atoms with E-state index in [1.807, 2.05) is 26.0 Å². The molecule has 1 aliphatic rings. The van der Waals surface area contributed by atoms with Crippen molar-refractivity contribution < 1.29 is 19.2 Å². The summed E-state index contributed by atoms with van der Waals surface area (Å²) >= 11 is 0.292. The van der Waals surface area contributed by atoms with Gasteiger partial charge in [-0.15, -0.1) is 0 Å².